The predicted octanol–water partition coefficient (Wildman–Crippen LogP) is 1.49. The summed E-state index contributed by atoms with van der Waals surface area (Å²) in [6.45, 7) is 10.5. The van der Waals surface area contributed by atoms with Crippen LogP contribution in [0, 0.1) is 13.8 Å². The van der Waals surface area contributed by atoms with Crippen molar-refractivity contribution in [2.45, 2.75) is 20.3 Å². The number of nitrogens with zero attached hydrogens (tertiary/aromatic N) is 3. The Bertz CT molecular complexity index is 536. The predicted molar refractivity (Wildman–Crippen MR) is 101 cm³/mol. The second-order valence-electron chi connectivity index (χ2n) is 6.99. The normalized spacial score (nSPS) is 15.8. The summed E-state index contributed by atoms with van der Waals surface area (Å²) in [6.07, 6.45) is 0.999. The van der Waals surface area contributed by atoms with Crippen LogP contribution in [0.25, 0.3) is 0 Å². The fourth-order valence-electron chi connectivity index (χ4n) is 3.11. The van der Waals surface area contributed by atoms with Crippen LogP contribution in [0.3, 0.4) is 0 Å². The number of amides is 1. The SMILES string of the molecule is Cc1cccc(N2CCN(CC(=O)NCCCN(C)C)CC2)c1C. The smallest absolute Gasteiger partial charge is 0.234 e. The summed E-state index contributed by atoms with van der Waals surface area (Å²) in [5.74, 6) is 0.147. The van der Waals surface area contributed by atoms with Gasteiger partial charge in [-0.15, -0.1) is 0 Å². The van der Waals surface area contributed by atoms with Crippen LogP contribution in [0.15, 0.2) is 18.2 Å². The molecule has 1 amide bonds. The van der Waals surface area contributed by atoms with Gasteiger partial charge in [0.15, 0.2) is 0 Å². The Kier molecular flexibility index (Phi) is 7.06. The quantitative estimate of drug-likeness (QED) is 0.768. The Labute approximate surface area is 146 Å². The van der Waals surface area contributed by atoms with E-state index in [1.807, 2.05) is 0 Å². The van der Waals surface area contributed by atoms with Crippen molar-refractivity contribution in [1.29, 1.82) is 0 Å². The Hall–Kier alpha value is -1.59. The lowest BCUT2D eigenvalue weighted by Gasteiger charge is -2.36. The van der Waals surface area contributed by atoms with Gasteiger partial charge in [0.05, 0.1) is 6.54 Å². The highest BCUT2D eigenvalue weighted by atomic mass is 16.2. The van der Waals surface area contributed by atoms with E-state index in [2.05, 4.69) is 66.2 Å². The molecule has 5 heteroatoms. The first-order valence-electron chi connectivity index (χ1n) is 8.92. The summed E-state index contributed by atoms with van der Waals surface area (Å²) < 4.78 is 0. The topological polar surface area (TPSA) is 38.8 Å². The Balaban J connectivity index is 1.73. The minimum atomic E-state index is 0.147. The summed E-state index contributed by atoms with van der Waals surface area (Å²) in [5, 5.41) is 3.02. The van der Waals surface area contributed by atoms with E-state index in [1.165, 1.54) is 16.8 Å². The summed E-state index contributed by atoms with van der Waals surface area (Å²) in [6, 6.07) is 6.50. The lowest BCUT2D eigenvalue weighted by Crippen LogP contribution is -2.49. The first-order valence-corrected chi connectivity index (χ1v) is 8.92. The molecule has 1 aromatic rings. The lowest BCUT2D eigenvalue weighted by atomic mass is 10.1. The molecule has 1 saturated heterocycles. The highest BCUT2D eigenvalue weighted by Gasteiger charge is 2.20. The number of anilines is 1. The van der Waals surface area contributed by atoms with Crippen molar-refractivity contribution >= 4 is 11.6 Å². The van der Waals surface area contributed by atoms with Crippen LogP contribution in [0.1, 0.15) is 17.5 Å². The molecule has 0 aliphatic carbocycles. The van der Waals surface area contributed by atoms with Crippen LogP contribution in [-0.2, 0) is 4.79 Å². The van der Waals surface area contributed by atoms with Gasteiger partial charge in [-0.1, -0.05) is 12.1 Å². The van der Waals surface area contributed by atoms with Crippen molar-refractivity contribution in [1.82, 2.24) is 15.1 Å². The Morgan fingerprint density at radius 2 is 1.88 bits per heavy atom. The van der Waals surface area contributed by atoms with E-state index in [0.717, 1.165) is 45.7 Å². The number of rotatable bonds is 7. The molecule has 1 fully saturated rings. The molecule has 0 aromatic heterocycles. The van der Waals surface area contributed by atoms with E-state index >= 15 is 0 Å². The van der Waals surface area contributed by atoms with Crippen LogP contribution in [-0.4, -0.2) is 75.6 Å². The van der Waals surface area contributed by atoms with Gasteiger partial charge >= 0.3 is 0 Å². The molecule has 0 atom stereocenters. The average molecular weight is 332 g/mol. The number of aryl methyl sites for hydroxylation is 1. The highest BCUT2D eigenvalue weighted by Crippen LogP contribution is 2.23. The first kappa shape index (κ1) is 18.7. The fourth-order valence-corrected chi connectivity index (χ4v) is 3.11. The summed E-state index contributed by atoms with van der Waals surface area (Å²) in [4.78, 5) is 18.9. The van der Waals surface area contributed by atoms with Crippen molar-refractivity contribution in [2.24, 2.45) is 0 Å². The van der Waals surface area contributed by atoms with Gasteiger partial charge in [-0.3, -0.25) is 9.69 Å². The van der Waals surface area contributed by atoms with E-state index in [-0.39, 0.29) is 5.91 Å². The number of nitrogens with one attached hydrogen (secondary N) is 1. The van der Waals surface area contributed by atoms with E-state index in [1.54, 1.807) is 0 Å². The molecular formula is C19H32N4O. The number of carbonyl (C=O) groups is 1. The maximum atomic E-state index is 12.0. The second-order valence-corrected chi connectivity index (χ2v) is 6.99. The van der Waals surface area contributed by atoms with Gasteiger partial charge in [-0.2, -0.15) is 0 Å². The molecule has 24 heavy (non-hydrogen) atoms. The summed E-state index contributed by atoms with van der Waals surface area (Å²) in [5.41, 5.74) is 4.04. The molecule has 0 bridgehead atoms. The molecule has 5 nitrogen and oxygen atoms in total. The molecule has 1 heterocycles. The minimum Gasteiger partial charge on any atom is -0.369 e. The van der Waals surface area contributed by atoms with Gasteiger partial charge in [-0.05, 0) is 58.1 Å². The van der Waals surface area contributed by atoms with Crippen molar-refractivity contribution in [2.75, 3.05) is 64.8 Å². The van der Waals surface area contributed by atoms with Crippen molar-refractivity contribution < 1.29 is 4.79 Å². The van der Waals surface area contributed by atoms with Crippen molar-refractivity contribution in [3.8, 4) is 0 Å². The van der Waals surface area contributed by atoms with Gasteiger partial charge in [0.1, 0.15) is 0 Å². The molecule has 1 aliphatic heterocycles. The molecule has 1 aliphatic rings. The van der Waals surface area contributed by atoms with Crippen LogP contribution >= 0.6 is 0 Å². The van der Waals surface area contributed by atoms with Crippen molar-refractivity contribution in [3.05, 3.63) is 29.3 Å². The highest BCUT2D eigenvalue weighted by molar-refractivity contribution is 5.78. The van der Waals surface area contributed by atoms with Gasteiger partial charge in [0.2, 0.25) is 5.91 Å². The molecular weight excluding hydrogens is 300 g/mol. The monoisotopic (exact) mass is 332 g/mol. The Morgan fingerprint density at radius 1 is 1.17 bits per heavy atom. The number of hydrogen-bond acceptors (Lipinski definition) is 4. The molecule has 0 spiro atoms. The van der Waals surface area contributed by atoms with E-state index in [4.69, 9.17) is 0 Å². The zero-order chi connectivity index (χ0) is 17.5. The van der Waals surface area contributed by atoms with Gasteiger partial charge in [-0.25, -0.2) is 0 Å². The number of piperazine rings is 1. The van der Waals surface area contributed by atoms with Gasteiger partial charge in [0, 0.05) is 38.4 Å². The molecule has 2 rings (SSSR count). The van der Waals surface area contributed by atoms with Crippen LogP contribution in [0.4, 0.5) is 5.69 Å². The lowest BCUT2D eigenvalue weighted by molar-refractivity contribution is -0.122. The molecule has 134 valence electrons. The summed E-state index contributed by atoms with van der Waals surface area (Å²) in [7, 11) is 4.11. The number of hydrogen-bond donors (Lipinski definition) is 1. The molecule has 0 unspecified atom stereocenters. The maximum absolute atomic E-state index is 12.0. The van der Waals surface area contributed by atoms with E-state index in [9.17, 15) is 4.79 Å². The third kappa shape index (κ3) is 5.49. The molecule has 0 radical (unpaired) electrons. The van der Waals surface area contributed by atoms with Crippen LogP contribution in [0.5, 0.6) is 0 Å². The molecule has 0 saturated carbocycles. The fraction of sp³-hybridized carbons (Fsp3) is 0.632. The second kappa shape index (κ2) is 9.04. The number of carbonyl (C=O) groups excluding carboxylic acids is 1. The zero-order valence-electron chi connectivity index (χ0n) is 15.6. The first-order chi connectivity index (χ1) is 11.5. The Morgan fingerprint density at radius 3 is 2.54 bits per heavy atom. The molecule has 1 aromatic carbocycles. The standard InChI is InChI=1S/C19H32N4O/c1-16-7-5-8-18(17(16)2)23-13-11-22(12-14-23)15-19(24)20-9-6-10-21(3)4/h5,7-8H,6,9-15H2,1-4H3,(H,20,24). The third-order valence-corrected chi connectivity index (χ3v) is 4.76. The van der Waals surface area contributed by atoms with Crippen molar-refractivity contribution in [3.63, 3.8) is 0 Å². The number of benzene rings is 1. The van der Waals surface area contributed by atoms with Crippen LogP contribution in [0.2, 0.25) is 0 Å². The maximum Gasteiger partial charge on any atom is 0.234 e. The largest absolute Gasteiger partial charge is 0.369 e. The van der Waals surface area contributed by atoms with E-state index < -0.39 is 0 Å². The summed E-state index contributed by atoms with van der Waals surface area (Å²) >= 11 is 0. The molecule has 1 N–H and O–H groups in total. The van der Waals surface area contributed by atoms with Gasteiger partial charge in [0.25, 0.3) is 0 Å². The van der Waals surface area contributed by atoms with Gasteiger partial charge < -0.3 is 15.1 Å². The third-order valence-electron chi connectivity index (χ3n) is 4.76. The van der Waals surface area contributed by atoms with E-state index in [0.29, 0.717) is 6.54 Å². The minimum absolute atomic E-state index is 0.147. The zero-order valence-corrected chi connectivity index (χ0v) is 15.6. The van der Waals surface area contributed by atoms with Crippen LogP contribution < -0.4 is 10.2 Å². The average Bonchev–Trinajstić information content (AvgIpc) is 2.55.